The topological polar surface area (TPSA) is 80.0 Å². The third kappa shape index (κ3) is 2.83. The van der Waals surface area contributed by atoms with E-state index in [2.05, 4.69) is 20.3 Å². The molecule has 2 aromatic rings. The number of nitrogens with two attached hydrogens (primary N) is 1. The second-order valence-electron chi connectivity index (χ2n) is 4.74. The number of nitrogens with one attached hydrogen (secondary N) is 1. The Labute approximate surface area is 120 Å². The summed E-state index contributed by atoms with van der Waals surface area (Å²) in [6.07, 6.45) is 2.12. The number of halogens is 2. The van der Waals surface area contributed by atoms with E-state index in [-0.39, 0.29) is 17.6 Å². The highest BCUT2D eigenvalue weighted by molar-refractivity contribution is 5.56. The van der Waals surface area contributed by atoms with Gasteiger partial charge in [0, 0.05) is 13.1 Å². The Balaban J connectivity index is 1.89. The molecule has 3 rings (SSSR count). The van der Waals surface area contributed by atoms with Crippen LogP contribution in [0.4, 0.5) is 32.3 Å². The summed E-state index contributed by atoms with van der Waals surface area (Å²) in [4.78, 5) is 14.2. The molecule has 0 amide bonds. The molecular formula is C13H14F2N6. The molecule has 6 nitrogen and oxygen atoms in total. The van der Waals surface area contributed by atoms with E-state index in [9.17, 15) is 8.78 Å². The van der Waals surface area contributed by atoms with Gasteiger partial charge in [-0.15, -0.1) is 0 Å². The maximum atomic E-state index is 13.6. The van der Waals surface area contributed by atoms with Gasteiger partial charge in [-0.2, -0.15) is 15.0 Å². The van der Waals surface area contributed by atoms with E-state index in [4.69, 9.17) is 5.73 Å². The Morgan fingerprint density at radius 1 is 1.10 bits per heavy atom. The van der Waals surface area contributed by atoms with Gasteiger partial charge in [0.25, 0.3) is 0 Å². The summed E-state index contributed by atoms with van der Waals surface area (Å²) in [6, 6.07) is 3.83. The molecule has 0 radical (unpaired) electrons. The summed E-state index contributed by atoms with van der Waals surface area (Å²) in [5.41, 5.74) is 5.60. The summed E-state index contributed by atoms with van der Waals surface area (Å²) in [7, 11) is 0. The van der Waals surface area contributed by atoms with Crippen LogP contribution in [0.1, 0.15) is 12.8 Å². The molecule has 0 unspecified atom stereocenters. The van der Waals surface area contributed by atoms with Crippen LogP contribution in [0.25, 0.3) is 0 Å². The molecule has 0 aliphatic carbocycles. The van der Waals surface area contributed by atoms with Gasteiger partial charge in [-0.25, -0.2) is 8.78 Å². The minimum Gasteiger partial charge on any atom is -0.368 e. The molecule has 1 aliphatic heterocycles. The van der Waals surface area contributed by atoms with E-state index < -0.39 is 11.6 Å². The zero-order chi connectivity index (χ0) is 14.8. The maximum Gasteiger partial charge on any atom is 0.233 e. The molecule has 1 fully saturated rings. The molecular weight excluding hydrogens is 278 g/mol. The lowest BCUT2D eigenvalue weighted by atomic mass is 10.3. The van der Waals surface area contributed by atoms with Gasteiger partial charge in [0.15, 0.2) is 11.6 Å². The highest BCUT2D eigenvalue weighted by Crippen LogP contribution is 2.22. The second kappa shape index (κ2) is 5.47. The van der Waals surface area contributed by atoms with Crippen molar-refractivity contribution in [2.45, 2.75) is 12.8 Å². The van der Waals surface area contributed by atoms with Crippen molar-refractivity contribution in [3.63, 3.8) is 0 Å². The van der Waals surface area contributed by atoms with Gasteiger partial charge < -0.3 is 16.0 Å². The molecule has 0 bridgehead atoms. The van der Waals surface area contributed by atoms with Crippen LogP contribution in [0.2, 0.25) is 0 Å². The lowest BCUT2D eigenvalue weighted by Gasteiger charge is -2.16. The van der Waals surface area contributed by atoms with Crippen molar-refractivity contribution in [3.05, 3.63) is 29.8 Å². The zero-order valence-corrected chi connectivity index (χ0v) is 11.2. The predicted molar refractivity (Wildman–Crippen MR) is 75.3 cm³/mol. The lowest BCUT2D eigenvalue weighted by molar-refractivity contribution is 0.511. The van der Waals surface area contributed by atoms with Gasteiger partial charge in [0.1, 0.15) is 0 Å². The second-order valence-corrected chi connectivity index (χ2v) is 4.74. The molecule has 21 heavy (non-hydrogen) atoms. The molecule has 3 N–H and O–H groups in total. The molecule has 1 aliphatic rings. The van der Waals surface area contributed by atoms with E-state index >= 15 is 0 Å². The molecule has 110 valence electrons. The fourth-order valence-corrected chi connectivity index (χ4v) is 2.22. The molecule has 1 aromatic carbocycles. The van der Waals surface area contributed by atoms with Crippen LogP contribution in [0, 0.1) is 11.6 Å². The highest BCUT2D eigenvalue weighted by atomic mass is 19.2. The molecule has 0 spiro atoms. The van der Waals surface area contributed by atoms with Crippen LogP contribution >= 0.6 is 0 Å². The third-order valence-corrected chi connectivity index (χ3v) is 3.23. The fourth-order valence-electron chi connectivity index (χ4n) is 2.22. The first-order valence-electron chi connectivity index (χ1n) is 6.61. The summed E-state index contributed by atoms with van der Waals surface area (Å²) in [6.45, 7) is 1.69. The van der Waals surface area contributed by atoms with Gasteiger partial charge in [-0.05, 0) is 25.0 Å². The molecule has 1 saturated heterocycles. The molecule has 2 heterocycles. The number of hydrogen-bond donors (Lipinski definition) is 2. The molecule has 8 heteroatoms. The van der Waals surface area contributed by atoms with Crippen LogP contribution < -0.4 is 16.0 Å². The van der Waals surface area contributed by atoms with E-state index in [1.807, 2.05) is 4.90 Å². The number of aromatic nitrogens is 3. The van der Waals surface area contributed by atoms with Crippen molar-refractivity contribution in [3.8, 4) is 0 Å². The monoisotopic (exact) mass is 292 g/mol. The van der Waals surface area contributed by atoms with E-state index in [1.165, 1.54) is 12.1 Å². The Morgan fingerprint density at radius 3 is 2.62 bits per heavy atom. The zero-order valence-electron chi connectivity index (χ0n) is 11.2. The van der Waals surface area contributed by atoms with Crippen molar-refractivity contribution in [2.75, 3.05) is 29.0 Å². The Hall–Kier alpha value is -2.51. The average molecular weight is 292 g/mol. The van der Waals surface area contributed by atoms with Crippen molar-refractivity contribution in [1.29, 1.82) is 0 Å². The first-order valence-corrected chi connectivity index (χ1v) is 6.61. The number of nitrogen functional groups attached to an aromatic ring is 1. The van der Waals surface area contributed by atoms with Crippen LogP contribution in [0.3, 0.4) is 0 Å². The quantitative estimate of drug-likeness (QED) is 0.901. The third-order valence-electron chi connectivity index (χ3n) is 3.23. The number of nitrogens with zero attached hydrogens (tertiary/aromatic N) is 4. The smallest absolute Gasteiger partial charge is 0.233 e. The van der Waals surface area contributed by atoms with Crippen LogP contribution in [-0.2, 0) is 0 Å². The standard InChI is InChI=1S/C13H14F2N6/c14-8-4-3-5-9(10(8)15)17-12-18-11(16)19-13(20-12)21-6-1-2-7-21/h3-5H,1-2,6-7H2,(H3,16,17,18,19,20). The van der Waals surface area contributed by atoms with Gasteiger partial charge in [-0.3, -0.25) is 0 Å². The summed E-state index contributed by atoms with van der Waals surface area (Å²) in [5, 5.41) is 2.63. The van der Waals surface area contributed by atoms with Crippen molar-refractivity contribution >= 4 is 23.5 Å². The average Bonchev–Trinajstić information content (AvgIpc) is 2.97. The minimum absolute atomic E-state index is 0.0335. The van der Waals surface area contributed by atoms with E-state index in [0.717, 1.165) is 32.0 Å². The number of hydrogen-bond acceptors (Lipinski definition) is 6. The van der Waals surface area contributed by atoms with E-state index in [0.29, 0.717) is 5.95 Å². The number of benzene rings is 1. The summed E-state index contributed by atoms with van der Waals surface area (Å²) < 4.78 is 26.8. The van der Waals surface area contributed by atoms with E-state index in [1.54, 1.807) is 0 Å². The fraction of sp³-hybridized carbons (Fsp3) is 0.308. The molecule has 1 aromatic heterocycles. The van der Waals surface area contributed by atoms with Crippen LogP contribution in [0.15, 0.2) is 18.2 Å². The first kappa shape index (κ1) is 13.5. The van der Waals surface area contributed by atoms with Crippen LogP contribution in [-0.4, -0.2) is 28.0 Å². The normalized spacial score (nSPS) is 14.5. The summed E-state index contributed by atoms with van der Waals surface area (Å²) in [5.74, 6) is -1.36. The number of anilines is 4. The SMILES string of the molecule is Nc1nc(Nc2cccc(F)c2F)nc(N2CCCC2)n1. The first-order chi connectivity index (χ1) is 10.1. The summed E-state index contributed by atoms with van der Waals surface area (Å²) >= 11 is 0. The van der Waals surface area contributed by atoms with Crippen LogP contribution in [0.5, 0.6) is 0 Å². The van der Waals surface area contributed by atoms with Crippen molar-refractivity contribution in [1.82, 2.24) is 15.0 Å². The molecule has 0 saturated carbocycles. The minimum atomic E-state index is -0.987. The molecule has 0 atom stereocenters. The Morgan fingerprint density at radius 2 is 1.86 bits per heavy atom. The van der Waals surface area contributed by atoms with Gasteiger partial charge in [0.05, 0.1) is 5.69 Å². The predicted octanol–water partition coefficient (Wildman–Crippen LogP) is 2.08. The van der Waals surface area contributed by atoms with Gasteiger partial charge in [0.2, 0.25) is 17.8 Å². The van der Waals surface area contributed by atoms with Gasteiger partial charge in [-0.1, -0.05) is 6.07 Å². The Kier molecular flexibility index (Phi) is 3.51. The van der Waals surface area contributed by atoms with Gasteiger partial charge >= 0.3 is 0 Å². The highest BCUT2D eigenvalue weighted by Gasteiger charge is 2.17. The van der Waals surface area contributed by atoms with Crippen molar-refractivity contribution < 1.29 is 8.78 Å². The number of rotatable bonds is 3. The lowest BCUT2D eigenvalue weighted by Crippen LogP contribution is -2.22. The largest absolute Gasteiger partial charge is 0.368 e. The Bertz CT molecular complexity index is 657. The maximum absolute atomic E-state index is 13.6. The van der Waals surface area contributed by atoms with Crippen molar-refractivity contribution in [2.24, 2.45) is 0 Å².